The SMILES string of the molecule is COC(Cc1ccccc1)NN.Cl. The van der Waals surface area contributed by atoms with Crippen LogP contribution in [0.25, 0.3) is 0 Å². The largest absolute Gasteiger partial charge is 0.365 e. The zero-order valence-electron chi connectivity index (χ0n) is 7.57. The highest BCUT2D eigenvalue weighted by Gasteiger charge is 2.03. The van der Waals surface area contributed by atoms with Crippen molar-refractivity contribution >= 4 is 12.4 Å². The zero-order chi connectivity index (χ0) is 8.81. The Morgan fingerprint density at radius 1 is 1.38 bits per heavy atom. The number of benzene rings is 1. The molecule has 13 heavy (non-hydrogen) atoms. The van der Waals surface area contributed by atoms with Crippen LogP contribution in [-0.2, 0) is 11.2 Å². The molecule has 1 unspecified atom stereocenters. The lowest BCUT2D eigenvalue weighted by molar-refractivity contribution is 0.0746. The molecule has 0 bridgehead atoms. The minimum absolute atomic E-state index is 0. The van der Waals surface area contributed by atoms with Crippen LogP contribution in [0.4, 0.5) is 0 Å². The maximum atomic E-state index is 5.26. The van der Waals surface area contributed by atoms with Crippen molar-refractivity contribution in [2.75, 3.05) is 7.11 Å². The molecule has 0 aliphatic carbocycles. The van der Waals surface area contributed by atoms with Crippen LogP contribution >= 0.6 is 12.4 Å². The summed E-state index contributed by atoms with van der Waals surface area (Å²) in [5.41, 5.74) is 3.79. The van der Waals surface area contributed by atoms with E-state index in [0.29, 0.717) is 0 Å². The second-order valence-corrected chi connectivity index (χ2v) is 2.58. The summed E-state index contributed by atoms with van der Waals surface area (Å²) in [6.07, 6.45) is 0.681. The highest BCUT2D eigenvalue weighted by Crippen LogP contribution is 2.02. The lowest BCUT2D eigenvalue weighted by atomic mass is 10.1. The van der Waals surface area contributed by atoms with Gasteiger partial charge in [0, 0.05) is 13.5 Å². The molecule has 0 saturated heterocycles. The van der Waals surface area contributed by atoms with Crippen LogP contribution in [0.2, 0.25) is 0 Å². The Morgan fingerprint density at radius 3 is 2.46 bits per heavy atom. The normalized spacial score (nSPS) is 11.8. The molecule has 0 aliphatic heterocycles. The predicted octanol–water partition coefficient (Wildman–Crippen LogP) is 1.09. The Kier molecular flexibility index (Phi) is 6.54. The molecule has 3 nitrogen and oxygen atoms in total. The van der Waals surface area contributed by atoms with E-state index in [0.717, 1.165) is 6.42 Å². The molecule has 4 heteroatoms. The lowest BCUT2D eigenvalue weighted by Gasteiger charge is -2.13. The van der Waals surface area contributed by atoms with Crippen molar-refractivity contribution < 1.29 is 4.74 Å². The van der Waals surface area contributed by atoms with Crippen LogP contribution in [0.3, 0.4) is 0 Å². The number of nitrogens with two attached hydrogens (primary N) is 1. The molecular formula is C9H15ClN2O. The molecule has 0 spiro atoms. The summed E-state index contributed by atoms with van der Waals surface area (Å²) in [7, 11) is 1.63. The lowest BCUT2D eigenvalue weighted by Crippen LogP contribution is -2.38. The van der Waals surface area contributed by atoms with Gasteiger partial charge in [-0.1, -0.05) is 30.3 Å². The van der Waals surface area contributed by atoms with Crippen molar-refractivity contribution in [2.45, 2.75) is 12.6 Å². The van der Waals surface area contributed by atoms with E-state index in [1.54, 1.807) is 7.11 Å². The van der Waals surface area contributed by atoms with Gasteiger partial charge in [0.15, 0.2) is 0 Å². The summed E-state index contributed by atoms with van der Waals surface area (Å²) in [5.74, 6) is 5.26. The molecule has 0 saturated carbocycles. The van der Waals surface area contributed by atoms with Crippen LogP contribution in [0.5, 0.6) is 0 Å². The van der Waals surface area contributed by atoms with Gasteiger partial charge in [-0.05, 0) is 5.56 Å². The van der Waals surface area contributed by atoms with E-state index in [1.807, 2.05) is 30.3 Å². The first-order valence-corrected chi connectivity index (χ1v) is 3.89. The first-order valence-electron chi connectivity index (χ1n) is 3.89. The third kappa shape index (κ3) is 4.24. The first-order chi connectivity index (χ1) is 5.86. The van der Waals surface area contributed by atoms with E-state index in [2.05, 4.69) is 5.43 Å². The fourth-order valence-electron chi connectivity index (χ4n) is 1.04. The Balaban J connectivity index is 0.00000144. The number of hydrogen-bond donors (Lipinski definition) is 2. The minimum atomic E-state index is -0.104. The van der Waals surface area contributed by atoms with Crippen LogP contribution < -0.4 is 11.3 Å². The number of nitrogens with one attached hydrogen (secondary N) is 1. The molecule has 0 aliphatic rings. The zero-order valence-corrected chi connectivity index (χ0v) is 8.38. The second-order valence-electron chi connectivity index (χ2n) is 2.58. The molecule has 1 aromatic rings. The smallest absolute Gasteiger partial charge is 0.123 e. The summed E-state index contributed by atoms with van der Waals surface area (Å²) in [6.45, 7) is 0. The van der Waals surface area contributed by atoms with Gasteiger partial charge in [-0.25, -0.2) is 5.43 Å². The number of methoxy groups -OCH3 is 1. The van der Waals surface area contributed by atoms with E-state index in [9.17, 15) is 0 Å². The summed E-state index contributed by atoms with van der Waals surface area (Å²) in [6, 6.07) is 10.1. The number of rotatable bonds is 4. The van der Waals surface area contributed by atoms with E-state index in [-0.39, 0.29) is 18.6 Å². The molecule has 0 aromatic heterocycles. The van der Waals surface area contributed by atoms with Gasteiger partial charge in [0.25, 0.3) is 0 Å². The average molecular weight is 203 g/mol. The molecule has 3 N–H and O–H groups in total. The van der Waals surface area contributed by atoms with Gasteiger partial charge >= 0.3 is 0 Å². The fraction of sp³-hybridized carbons (Fsp3) is 0.333. The summed E-state index contributed by atoms with van der Waals surface area (Å²) in [5, 5.41) is 0. The molecule has 0 radical (unpaired) electrons. The highest BCUT2D eigenvalue weighted by atomic mass is 35.5. The Labute approximate surface area is 84.7 Å². The molecular weight excluding hydrogens is 188 g/mol. The number of ether oxygens (including phenoxy) is 1. The van der Waals surface area contributed by atoms with Gasteiger partial charge < -0.3 is 4.74 Å². The highest BCUT2D eigenvalue weighted by molar-refractivity contribution is 5.85. The van der Waals surface area contributed by atoms with E-state index >= 15 is 0 Å². The van der Waals surface area contributed by atoms with Crippen molar-refractivity contribution in [1.29, 1.82) is 0 Å². The Morgan fingerprint density at radius 2 is 2.00 bits per heavy atom. The van der Waals surface area contributed by atoms with Crippen LogP contribution in [0.1, 0.15) is 5.56 Å². The molecule has 0 fully saturated rings. The van der Waals surface area contributed by atoms with Gasteiger partial charge in [0.1, 0.15) is 6.23 Å². The number of hydrogen-bond acceptors (Lipinski definition) is 3. The molecule has 74 valence electrons. The molecule has 0 amide bonds. The van der Waals surface area contributed by atoms with E-state index < -0.39 is 0 Å². The van der Waals surface area contributed by atoms with Gasteiger partial charge in [0.05, 0.1) is 0 Å². The van der Waals surface area contributed by atoms with E-state index in [4.69, 9.17) is 10.6 Å². The molecule has 1 aromatic carbocycles. The second kappa shape index (κ2) is 6.86. The van der Waals surface area contributed by atoms with Crippen LogP contribution in [0, 0.1) is 0 Å². The minimum Gasteiger partial charge on any atom is -0.365 e. The predicted molar refractivity (Wildman–Crippen MR) is 55.5 cm³/mol. The quantitative estimate of drug-likeness (QED) is 0.437. The molecule has 1 atom stereocenters. The van der Waals surface area contributed by atoms with E-state index in [1.165, 1.54) is 5.56 Å². The monoisotopic (exact) mass is 202 g/mol. The maximum absolute atomic E-state index is 5.26. The average Bonchev–Trinajstić information content (AvgIpc) is 2.16. The molecule has 1 rings (SSSR count). The van der Waals surface area contributed by atoms with Crippen molar-refractivity contribution in [2.24, 2.45) is 5.84 Å². The van der Waals surface area contributed by atoms with Gasteiger partial charge in [0.2, 0.25) is 0 Å². The van der Waals surface area contributed by atoms with Gasteiger partial charge in [-0.3, -0.25) is 5.84 Å². The Hall–Kier alpha value is -0.610. The van der Waals surface area contributed by atoms with Crippen LogP contribution in [-0.4, -0.2) is 13.3 Å². The van der Waals surface area contributed by atoms with Crippen molar-refractivity contribution in [3.63, 3.8) is 0 Å². The first kappa shape index (κ1) is 12.4. The molecule has 0 heterocycles. The number of halogens is 1. The third-order valence-corrected chi connectivity index (χ3v) is 1.73. The summed E-state index contributed by atoms with van der Waals surface area (Å²) in [4.78, 5) is 0. The third-order valence-electron chi connectivity index (χ3n) is 1.73. The Bertz CT molecular complexity index is 214. The van der Waals surface area contributed by atoms with Crippen molar-refractivity contribution in [3.05, 3.63) is 35.9 Å². The fourth-order valence-corrected chi connectivity index (χ4v) is 1.04. The number of hydrazine groups is 1. The van der Waals surface area contributed by atoms with Gasteiger partial charge in [-0.15, -0.1) is 12.4 Å². The summed E-state index contributed by atoms with van der Waals surface area (Å²) < 4.78 is 5.07. The van der Waals surface area contributed by atoms with Crippen LogP contribution in [0.15, 0.2) is 30.3 Å². The standard InChI is InChI=1S/C9H14N2O.ClH/c1-12-9(11-10)7-8-5-3-2-4-6-8;/h2-6,9,11H,7,10H2,1H3;1H. The summed E-state index contributed by atoms with van der Waals surface area (Å²) >= 11 is 0. The van der Waals surface area contributed by atoms with Gasteiger partial charge in [-0.2, -0.15) is 0 Å². The van der Waals surface area contributed by atoms with Crippen molar-refractivity contribution in [3.8, 4) is 0 Å². The van der Waals surface area contributed by atoms with Crippen molar-refractivity contribution in [1.82, 2.24) is 5.43 Å². The topological polar surface area (TPSA) is 47.3 Å². The maximum Gasteiger partial charge on any atom is 0.123 e.